The highest BCUT2D eigenvalue weighted by atomic mass is 16.2. The summed E-state index contributed by atoms with van der Waals surface area (Å²) in [6.45, 7) is 1.79. The minimum absolute atomic E-state index is 0.221. The van der Waals surface area contributed by atoms with Gasteiger partial charge in [-0.05, 0) is 48.9 Å². The lowest BCUT2D eigenvalue weighted by atomic mass is 10.1. The molecule has 0 aliphatic carbocycles. The average molecular weight is 498 g/mol. The van der Waals surface area contributed by atoms with Crippen LogP contribution < -0.4 is 22.4 Å². The lowest BCUT2D eigenvalue weighted by Gasteiger charge is -2.08. The lowest BCUT2D eigenvalue weighted by Crippen LogP contribution is -2.25. The number of benzene rings is 2. The second-order valence-electron chi connectivity index (χ2n) is 8.66. The Morgan fingerprint density at radius 3 is 2.30 bits per heavy atom. The molecule has 2 aromatic carbocycles. The highest BCUT2D eigenvalue weighted by Crippen LogP contribution is 2.26. The van der Waals surface area contributed by atoms with E-state index in [-0.39, 0.29) is 11.3 Å². The number of rotatable bonds is 5. The van der Waals surface area contributed by atoms with Crippen molar-refractivity contribution >= 4 is 23.0 Å². The molecule has 3 aromatic heterocycles. The fourth-order valence-electron chi connectivity index (χ4n) is 4.24. The van der Waals surface area contributed by atoms with Gasteiger partial charge in [-0.1, -0.05) is 18.2 Å². The third-order valence-electron chi connectivity index (χ3n) is 6.10. The van der Waals surface area contributed by atoms with Gasteiger partial charge in [-0.15, -0.1) is 0 Å². The van der Waals surface area contributed by atoms with Crippen LogP contribution in [0.25, 0.3) is 22.3 Å². The van der Waals surface area contributed by atoms with Gasteiger partial charge in [0, 0.05) is 43.3 Å². The van der Waals surface area contributed by atoms with E-state index in [1.54, 1.807) is 37.3 Å². The third-order valence-corrected chi connectivity index (χ3v) is 6.10. The number of nitrogens with one attached hydrogen (secondary N) is 1. The van der Waals surface area contributed by atoms with Gasteiger partial charge in [-0.2, -0.15) is 4.68 Å². The van der Waals surface area contributed by atoms with E-state index in [1.165, 1.54) is 29.5 Å². The second-order valence-corrected chi connectivity index (χ2v) is 8.66. The Bertz CT molecular complexity index is 1820. The van der Waals surface area contributed by atoms with Gasteiger partial charge in [0.05, 0.1) is 16.9 Å². The van der Waals surface area contributed by atoms with Gasteiger partial charge in [0.15, 0.2) is 5.69 Å². The summed E-state index contributed by atoms with van der Waals surface area (Å²) in [4.78, 5) is 53.6. The third kappa shape index (κ3) is 4.12. The van der Waals surface area contributed by atoms with Crippen LogP contribution in [0.1, 0.15) is 26.5 Å². The molecule has 0 radical (unpaired) electrons. The Morgan fingerprint density at radius 1 is 0.919 bits per heavy atom. The molecular formula is C26H23N7O4. The number of primary amides is 1. The first-order valence-electron chi connectivity index (χ1n) is 11.3. The van der Waals surface area contributed by atoms with Crippen LogP contribution in [0.15, 0.2) is 76.6 Å². The van der Waals surface area contributed by atoms with Crippen LogP contribution in [-0.2, 0) is 14.1 Å². The van der Waals surface area contributed by atoms with Crippen molar-refractivity contribution in [3.63, 3.8) is 0 Å². The van der Waals surface area contributed by atoms with Crippen LogP contribution in [0.4, 0.5) is 5.69 Å². The maximum atomic E-state index is 13.1. The molecule has 11 heteroatoms. The van der Waals surface area contributed by atoms with Crippen molar-refractivity contribution in [1.29, 1.82) is 0 Å². The minimum atomic E-state index is -0.589. The summed E-state index contributed by atoms with van der Waals surface area (Å²) in [6.07, 6.45) is 3.70. The number of anilines is 1. The number of carbonyl (C=O) groups excluding carboxylic acids is 2. The summed E-state index contributed by atoms with van der Waals surface area (Å²) in [7, 11) is 2.96. The standard InChI is InChI=1S/C26H23N7O4/c1-15-13-32-14-18(16-7-9-20(10-8-16)33-26(37)30(2)25(36)31(33)3)12-21(32)22(28-15)24(35)29-19-6-4-5-17(11-19)23(27)34/h4-14H,1-3H3,(H2,27,34)(H,29,35). The average Bonchev–Trinajstić information content (AvgIpc) is 3.38. The van der Waals surface area contributed by atoms with Crippen molar-refractivity contribution in [2.45, 2.75) is 6.92 Å². The first-order chi connectivity index (χ1) is 17.6. The second kappa shape index (κ2) is 8.79. The Labute approximate surface area is 210 Å². The molecule has 0 aliphatic heterocycles. The molecule has 5 rings (SSSR count). The minimum Gasteiger partial charge on any atom is -0.366 e. The molecule has 2 amide bonds. The molecule has 3 N–H and O–H groups in total. The van der Waals surface area contributed by atoms with Crippen LogP contribution in [-0.4, -0.2) is 35.1 Å². The molecule has 0 saturated carbocycles. The number of aryl methyl sites for hydroxylation is 1. The normalized spacial score (nSPS) is 11.1. The van der Waals surface area contributed by atoms with E-state index in [0.717, 1.165) is 15.7 Å². The van der Waals surface area contributed by atoms with Gasteiger partial charge >= 0.3 is 11.4 Å². The molecule has 0 atom stereocenters. The molecule has 0 saturated heterocycles. The molecule has 186 valence electrons. The van der Waals surface area contributed by atoms with Gasteiger partial charge < -0.3 is 15.5 Å². The van der Waals surface area contributed by atoms with E-state index in [4.69, 9.17) is 5.73 Å². The first kappa shape index (κ1) is 23.5. The van der Waals surface area contributed by atoms with Crippen molar-refractivity contribution in [3.8, 4) is 16.8 Å². The zero-order valence-corrected chi connectivity index (χ0v) is 20.3. The lowest BCUT2D eigenvalue weighted by molar-refractivity contribution is 0.0995. The van der Waals surface area contributed by atoms with Gasteiger partial charge in [-0.25, -0.2) is 23.8 Å². The van der Waals surface area contributed by atoms with Crippen LogP contribution in [0.2, 0.25) is 0 Å². The van der Waals surface area contributed by atoms with Crippen molar-refractivity contribution in [3.05, 3.63) is 105 Å². The molecule has 5 aromatic rings. The molecule has 11 nitrogen and oxygen atoms in total. The summed E-state index contributed by atoms with van der Waals surface area (Å²) in [5.41, 5.74) is 8.89. The van der Waals surface area contributed by atoms with Crippen LogP contribution >= 0.6 is 0 Å². The molecule has 3 heterocycles. The molecule has 0 aliphatic rings. The summed E-state index contributed by atoms with van der Waals surface area (Å²) in [5.74, 6) is -1.02. The van der Waals surface area contributed by atoms with E-state index in [1.807, 2.05) is 35.0 Å². The van der Waals surface area contributed by atoms with Crippen molar-refractivity contribution in [2.24, 2.45) is 19.8 Å². The van der Waals surface area contributed by atoms with E-state index in [0.29, 0.717) is 22.6 Å². The summed E-state index contributed by atoms with van der Waals surface area (Å²) < 4.78 is 5.42. The number of hydrogen-bond acceptors (Lipinski definition) is 5. The Balaban J connectivity index is 1.50. The zero-order valence-electron chi connectivity index (χ0n) is 20.3. The quantitative estimate of drug-likeness (QED) is 0.382. The van der Waals surface area contributed by atoms with Gasteiger partial charge in [-0.3, -0.25) is 9.59 Å². The van der Waals surface area contributed by atoms with Gasteiger partial charge in [0.1, 0.15) is 0 Å². The predicted octanol–water partition coefficient (Wildman–Crippen LogP) is 1.85. The van der Waals surface area contributed by atoms with Crippen molar-refractivity contribution < 1.29 is 9.59 Å². The Morgan fingerprint density at radius 2 is 1.65 bits per heavy atom. The summed E-state index contributed by atoms with van der Waals surface area (Å²) in [6, 6.07) is 15.4. The molecular weight excluding hydrogens is 474 g/mol. The maximum absolute atomic E-state index is 13.1. The van der Waals surface area contributed by atoms with Crippen LogP contribution in [0.5, 0.6) is 0 Å². The van der Waals surface area contributed by atoms with Gasteiger partial charge in [0.25, 0.3) is 5.91 Å². The van der Waals surface area contributed by atoms with E-state index < -0.39 is 23.2 Å². The molecule has 0 unspecified atom stereocenters. The van der Waals surface area contributed by atoms with Gasteiger partial charge in [0.2, 0.25) is 5.91 Å². The van der Waals surface area contributed by atoms with E-state index in [9.17, 15) is 19.2 Å². The number of carbonyl (C=O) groups is 2. The highest BCUT2D eigenvalue weighted by molar-refractivity contribution is 6.08. The molecule has 37 heavy (non-hydrogen) atoms. The number of amides is 2. The fourth-order valence-corrected chi connectivity index (χ4v) is 4.24. The van der Waals surface area contributed by atoms with Crippen LogP contribution in [0, 0.1) is 6.92 Å². The predicted molar refractivity (Wildman–Crippen MR) is 138 cm³/mol. The zero-order chi connectivity index (χ0) is 26.4. The number of aromatic nitrogens is 5. The molecule has 0 bridgehead atoms. The number of nitrogens with zero attached hydrogens (tertiary/aromatic N) is 5. The number of nitrogens with two attached hydrogens (primary N) is 1. The highest BCUT2D eigenvalue weighted by Gasteiger charge is 2.17. The largest absolute Gasteiger partial charge is 0.366 e. The SMILES string of the molecule is Cc1cn2cc(-c3ccc(-n4c(=O)n(C)c(=O)n4C)cc3)cc2c(C(=O)Nc2cccc(C(N)=O)c2)n1. The number of hydrogen-bond donors (Lipinski definition) is 2. The fraction of sp³-hybridized carbons (Fsp3) is 0.115. The topological polar surface area (TPSA) is 138 Å². The van der Waals surface area contributed by atoms with Crippen molar-refractivity contribution in [1.82, 2.24) is 23.3 Å². The molecule has 0 spiro atoms. The Hall–Kier alpha value is -5.19. The van der Waals surface area contributed by atoms with E-state index >= 15 is 0 Å². The smallest absolute Gasteiger partial charge is 0.351 e. The monoisotopic (exact) mass is 497 g/mol. The summed E-state index contributed by atoms with van der Waals surface area (Å²) in [5, 5.41) is 2.78. The Kier molecular flexibility index (Phi) is 5.59. The summed E-state index contributed by atoms with van der Waals surface area (Å²) >= 11 is 0. The maximum Gasteiger partial charge on any atom is 0.351 e. The van der Waals surface area contributed by atoms with Crippen molar-refractivity contribution in [2.75, 3.05) is 5.32 Å². The number of fused-ring (bicyclic) bond motifs is 1. The van der Waals surface area contributed by atoms with Crippen LogP contribution in [0.3, 0.4) is 0 Å². The first-order valence-corrected chi connectivity index (χ1v) is 11.3. The van der Waals surface area contributed by atoms with E-state index in [2.05, 4.69) is 10.3 Å². The molecule has 0 fully saturated rings.